The standard InChI is InChI=1S/C16H14Cl2N2O2/c1-7-6-16(22-15(7)21)9-3-4-10(17)13-12(9)8(14(18)20-13)5-11(16)19-2/h3-4,6,11,19-20H,5H2,1-2H3/t11-,16-/m0/s1. The number of halogens is 2. The molecule has 1 aromatic heterocycles. The third-order valence-electron chi connectivity index (χ3n) is 4.67. The van der Waals surface area contributed by atoms with Crippen LogP contribution in [0.5, 0.6) is 0 Å². The number of aromatic amines is 1. The van der Waals surface area contributed by atoms with Crippen LogP contribution in [-0.2, 0) is 21.6 Å². The van der Waals surface area contributed by atoms with E-state index in [4.69, 9.17) is 27.9 Å². The quantitative estimate of drug-likeness (QED) is 0.785. The van der Waals surface area contributed by atoms with Gasteiger partial charge in [0.25, 0.3) is 0 Å². The molecule has 1 aliphatic heterocycles. The minimum Gasteiger partial charge on any atom is -0.445 e. The fourth-order valence-corrected chi connectivity index (χ4v) is 4.10. The molecule has 2 N–H and O–H groups in total. The molecule has 1 spiro atoms. The number of benzene rings is 1. The maximum Gasteiger partial charge on any atom is 0.334 e. The van der Waals surface area contributed by atoms with Gasteiger partial charge >= 0.3 is 5.97 Å². The molecule has 114 valence electrons. The number of aromatic nitrogens is 1. The van der Waals surface area contributed by atoms with E-state index in [1.54, 1.807) is 6.92 Å². The number of esters is 1. The van der Waals surface area contributed by atoms with Crippen LogP contribution < -0.4 is 5.32 Å². The molecule has 2 atom stereocenters. The van der Waals surface area contributed by atoms with Crippen molar-refractivity contribution in [1.82, 2.24) is 10.3 Å². The minimum absolute atomic E-state index is 0.0842. The Labute approximate surface area is 137 Å². The smallest absolute Gasteiger partial charge is 0.334 e. The molecule has 2 aliphatic rings. The first kappa shape index (κ1) is 14.1. The van der Waals surface area contributed by atoms with E-state index >= 15 is 0 Å². The topological polar surface area (TPSA) is 54.1 Å². The summed E-state index contributed by atoms with van der Waals surface area (Å²) in [5.74, 6) is -0.284. The predicted octanol–water partition coefficient (Wildman–Crippen LogP) is 3.32. The Morgan fingerprint density at radius 2 is 2.18 bits per heavy atom. The summed E-state index contributed by atoms with van der Waals surface area (Å²) in [6.07, 6.45) is 2.56. The summed E-state index contributed by atoms with van der Waals surface area (Å²) >= 11 is 12.6. The zero-order valence-electron chi connectivity index (χ0n) is 12.1. The number of nitrogens with one attached hydrogen (secondary N) is 2. The number of fused-ring (bicyclic) bond motifs is 1. The summed E-state index contributed by atoms with van der Waals surface area (Å²) < 4.78 is 5.81. The second-order valence-corrected chi connectivity index (χ2v) is 6.60. The van der Waals surface area contributed by atoms with Crippen LogP contribution in [0.15, 0.2) is 23.8 Å². The number of carbonyl (C=O) groups excluding carboxylic acids is 1. The Hall–Kier alpha value is -1.49. The molecule has 4 nitrogen and oxygen atoms in total. The molecular formula is C16H14Cl2N2O2. The molecule has 0 fully saturated rings. The lowest BCUT2D eigenvalue weighted by molar-refractivity contribution is -0.149. The van der Waals surface area contributed by atoms with E-state index in [0.29, 0.717) is 22.2 Å². The van der Waals surface area contributed by atoms with Crippen LogP contribution in [-0.4, -0.2) is 24.0 Å². The van der Waals surface area contributed by atoms with Crippen LogP contribution >= 0.6 is 23.2 Å². The highest BCUT2D eigenvalue weighted by molar-refractivity contribution is 6.37. The van der Waals surface area contributed by atoms with E-state index in [9.17, 15) is 4.79 Å². The number of likely N-dealkylation sites (N-methyl/N-ethyl adjacent to an activating group) is 1. The number of hydrogen-bond acceptors (Lipinski definition) is 3. The zero-order valence-corrected chi connectivity index (χ0v) is 13.6. The molecular weight excluding hydrogens is 323 g/mol. The summed E-state index contributed by atoms with van der Waals surface area (Å²) in [6.45, 7) is 1.77. The molecule has 0 radical (unpaired) electrons. The fraction of sp³-hybridized carbons (Fsp3) is 0.312. The predicted molar refractivity (Wildman–Crippen MR) is 86.4 cm³/mol. The van der Waals surface area contributed by atoms with E-state index in [1.807, 2.05) is 25.3 Å². The normalized spacial score (nSPS) is 26.6. The van der Waals surface area contributed by atoms with Gasteiger partial charge in [0.1, 0.15) is 5.15 Å². The summed E-state index contributed by atoms with van der Waals surface area (Å²) in [6, 6.07) is 3.65. The minimum atomic E-state index is -0.808. The first-order valence-electron chi connectivity index (χ1n) is 7.07. The Morgan fingerprint density at radius 3 is 2.82 bits per heavy atom. The highest BCUT2D eigenvalue weighted by Crippen LogP contribution is 2.49. The van der Waals surface area contributed by atoms with Gasteiger partial charge in [0.05, 0.1) is 16.6 Å². The van der Waals surface area contributed by atoms with Crippen molar-refractivity contribution in [3.8, 4) is 0 Å². The summed E-state index contributed by atoms with van der Waals surface area (Å²) in [5, 5.41) is 5.42. The van der Waals surface area contributed by atoms with Crippen molar-refractivity contribution < 1.29 is 9.53 Å². The van der Waals surface area contributed by atoms with Crippen LogP contribution in [0.3, 0.4) is 0 Å². The van der Waals surface area contributed by atoms with Gasteiger partial charge in [-0.3, -0.25) is 0 Å². The van der Waals surface area contributed by atoms with Crippen LogP contribution in [0, 0.1) is 0 Å². The average molecular weight is 337 g/mol. The second kappa shape index (κ2) is 4.51. The maximum atomic E-state index is 12.0. The van der Waals surface area contributed by atoms with Gasteiger partial charge in [-0.2, -0.15) is 0 Å². The van der Waals surface area contributed by atoms with Crippen LogP contribution in [0.2, 0.25) is 10.2 Å². The SMILES string of the molecule is CN[C@H]1Cc2c(Cl)[nH]c3c(Cl)ccc(c23)[C@@]12C=C(C)C(=O)O2. The van der Waals surface area contributed by atoms with Crippen LogP contribution in [0.25, 0.3) is 10.9 Å². The molecule has 0 unspecified atom stereocenters. The Morgan fingerprint density at radius 1 is 1.41 bits per heavy atom. The van der Waals surface area contributed by atoms with Crippen LogP contribution in [0.4, 0.5) is 0 Å². The summed E-state index contributed by atoms with van der Waals surface area (Å²) in [7, 11) is 1.86. The van der Waals surface area contributed by atoms with Crippen molar-refractivity contribution in [3.63, 3.8) is 0 Å². The van der Waals surface area contributed by atoms with Gasteiger partial charge in [-0.15, -0.1) is 0 Å². The molecule has 0 saturated heterocycles. The van der Waals surface area contributed by atoms with E-state index < -0.39 is 5.60 Å². The van der Waals surface area contributed by atoms with Gasteiger partial charge in [-0.25, -0.2) is 4.79 Å². The number of ether oxygens (including phenoxy) is 1. The molecule has 1 aliphatic carbocycles. The van der Waals surface area contributed by atoms with Crippen molar-refractivity contribution in [3.05, 3.63) is 45.1 Å². The van der Waals surface area contributed by atoms with Crippen molar-refractivity contribution in [2.75, 3.05) is 7.05 Å². The summed E-state index contributed by atoms with van der Waals surface area (Å²) in [5.41, 5.74) is 2.53. The van der Waals surface area contributed by atoms with Gasteiger partial charge in [-0.1, -0.05) is 29.3 Å². The Balaban J connectivity index is 2.10. The van der Waals surface area contributed by atoms with Crippen molar-refractivity contribution >= 4 is 40.1 Å². The zero-order chi connectivity index (χ0) is 15.6. The van der Waals surface area contributed by atoms with Crippen LogP contribution in [0.1, 0.15) is 18.1 Å². The van der Waals surface area contributed by atoms with Gasteiger partial charge in [0.2, 0.25) is 0 Å². The van der Waals surface area contributed by atoms with Crippen molar-refractivity contribution in [1.29, 1.82) is 0 Å². The maximum absolute atomic E-state index is 12.0. The van der Waals surface area contributed by atoms with E-state index in [-0.39, 0.29) is 12.0 Å². The first-order chi connectivity index (χ1) is 10.5. The molecule has 1 aromatic carbocycles. The monoisotopic (exact) mass is 336 g/mol. The Kier molecular flexibility index (Phi) is 2.89. The second-order valence-electron chi connectivity index (χ2n) is 5.82. The fourth-order valence-electron chi connectivity index (χ4n) is 3.63. The lowest BCUT2D eigenvalue weighted by Gasteiger charge is -2.39. The lowest BCUT2D eigenvalue weighted by Crippen LogP contribution is -2.50. The van der Waals surface area contributed by atoms with E-state index in [0.717, 1.165) is 22.0 Å². The Bertz CT molecular complexity index is 855. The number of rotatable bonds is 1. The molecule has 6 heteroatoms. The third-order valence-corrected chi connectivity index (χ3v) is 5.30. The largest absolute Gasteiger partial charge is 0.445 e. The van der Waals surface area contributed by atoms with Gasteiger partial charge < -0.3 is 15.0 Å². The number of carbonyl (C=O) groups is 1. The van der Waals surface area contributed by atoms with E-state index in [1.165, 1.54) is 0 Å². The van der Waals surface area contributed by atoms with Gasteiger partial charge in [0.15, 0.2) is 5.60 Å². The van der Waals surface area contributed by atoms with Gasteiger partial charge in [-0.05, 0) is 38.1 Å². The third kappa shape index (κ3) is 1.60. The van der Waals surface area contributed by atoms with Crippen molar-refractivity contribution in [2.24, 2.45) is 0 Å². The summed E-state index contributed by atoms with van der Waals surface area (Å²) in [4.78, 5) is 15.2. The number of H-pyrrole nitrogens is 1. The average Bonchev–Trinajstić information content (AvgIpc) is 2.96. The molecule has 22 heavy (non-hydrogen) atoms. The molecule has 2 aromatic rings. The lowest BCUT2D eigenvalue weighted by atomic mass is 9.76. The molecule has 0 saturated carbocycles. The molecule has 2 heterocycles. The first-order valence-corrected chi connectivity index (χ1v) is 7.82. The molecule has 0 bridgehead atoms. The molecule has 0 amide bonds. The van der Waals surface area contributed by atoms with E-state index in [2.05, 4.69) is 10.3 Å². The highest BCUT2D eigenvalue weighted by atomic mass is 35.5. The number of hydrogen-bond donors (Lipinski definition) is 2. The highest BCUT2D eigenvalue weighted by Gasteiger charge is 2.50. The van der Waals surface area contributed by atoms with Gasteiger partial charge in [0, 0.05) is 16.5 Å². The molecule has 4 rings (SSSR count). The van der Waals surface area contributed by atoms with Crippen molar-refractivity contribution in [2.45, 2.75) is 25.0 Å².